The van der Waals surface area contributed by atoms with Gasteiger partial charge >= 0.3 is 5.97 Å². The van der Waals surface area contributed by atoms with E-state index in [4.69, 9.17) is 0 Å². The molecule has 1 aromatic rings. The Morgan fingerprint density at radius 2 is 2.11 bits per heavy atom. The number of carbonyl (C=O) groups is 2. The molecule has 0 aliphatic carbocycles. The van der Waals surface area contributed by atoms with Crippen LogP contribution in [-0.4, -0.2) is 41.7 Å². The van der Waals surface area contributed by atoms with Gasteiger partial charge in [0.25, 0.3) is 0 Å². The fraction of sp³-hybridized carbons (Fsp3) is 0.417. The third kappa shape index (κ3) is 4.92. The van der Waals surface area contributed by atoms with Crippen molar-refractivity contribution in [2.75, 3.05) is 13.7 Å². The fourth-order valence-electron chi connectivity index (χ4n) is 1.33. The number of hydrogen-bond donors (Lipinski definition) is 2. The summed E-state index contributed by atoms with van der Waals surface area (Å²) in [6.07, 6.45) is 2.88. The molecule has 18 heavy (non-hydrogen) atoms. The Hall–Kier alpha value is -1.95. The molecule has 0 aliphatic rings. The number of aryl methyl sites for hydroxylation is 1. The summed E-state index contributed by atoms with van der Waals surface area (Å²) < 4.78 is 4.33. The summed E-state index contributed by atoms with van der Waals surface area (Å²) in [6, 6.07) is 3.66. The Balaban J connectivity index is 2.24. The lowest BCUT2D eigenvalue weighted by Gasteiger charge is -2.09. The number of nitrogens with one attached hydrogen (secondary N) is 1. The maximum atomic E-state index is 11.4. The van der Waals surface area contributed by atoms with E-state index in [2.05, 4.69) is 15.0 Å². The quantitative estimate of drug-likeness (QED) is 0.676. The zero-order chi connectivity index (χ0) is 13.4. The second-order valence-corrected chi connectivity index (χ2v) is 3.70. The van der Waals surface area contributed by atoms with Crippen LogP contribution in [0.15, 0.2) is 24.5 Å². The van der Waals surface area contributed by atoms with E-state index in [0.29, 0.717) is 6.42 Å². The molecule has 1 heterocycles. The zero-order valence-electron chi connectivity index (χ0n) is 10.1. The average Bonchev–Trinajstić information content (AvgIpc) is 2.42. The fourth-order valence-corrected chi connectivity index (χ4v) is 1.33. The molecule has 0 aliphatic heterocycles. The van der Waals surface area contributed by atoms with Crippen molar-refractivity contribution in [1.82, 2.24) is 10.3 Å². The number of aliphatic hydroxyl groups excluding tert-OH is 1. The van der Waals surface area contributed by atoms with Gasteiger partial charge in [-0.05, 0) is 24.1 Å². The number of carbonyl (C=O) groups excluding carboxylic acids is 2. The highest BCUT2D eigenvalue weighted by Crippen LogP contribution is 2.00. The Morgan fingerprint density at radius 3 is 2.72 bits per heavy atom. The molecule has 0 spiro atoms. The number of aromatic nitrogens is 1. The molecular weight excluding hydrogens is 236 g/mol. The maximum absolute atomic E-state index is 11.4. The van der Waals surface area contributed by atoms with Crippen molar-refractivity contribution in [3.05, 3.63) is 30.1 Å². The van der Waals surface area contributed by atoms with Crippen LogP contribution in [0, 0.1) is 0 Å². The number of methoxy groups -OCH3 is 1. The molecule has 2 N–H and O–H groups in total. The summed E-state index contributed by atoms with van der Waals surface area (Å²) in [5, 5.41) is 11.7. The Labute approximate surface area is 105 Å². The molecule has 0 radical (unpaired) electrons. The molecule has 6 nitrogen and oxygen atoms in total. The van der Waals surface area contributed by atoms with Crippen LogP contribution >= 0.6 is 0 Å². The third-order valence-electron chi connectivity index (χ3n) is 2.36. The van der Waals surface area contributed by atoms with Crippen LogP contribution in [-0.2, 0) is 20.7 Å². The summed E-state index contributed by atoms with van der Waals surface area (Å²) in [4.78, 5) is 26.2. The number of aliphatic hydroxyl groups is 1. The maximum Gasteiger partial charge on any atom is 0.336 e. The zero-order valence-corrected chi connectivity index (χ0v) is 10.1. The lowest BCUT2D eigenvalue weighted by Crippen LogP contribution is -2.37. The van der Waals surface area contributed by atoms with Gasteiger partial charge in [0.2, 0.25) is 5.91 Å². The van der Waals surface area contributed by atoms with Crippen molar-refractivity contribution >= 4 is 11.9 Å². The molecular formula is C12H16N2O4. The molecule has 0 saturated carbocycles. The highest BCUT2D eigenvalue weighted by atomic mass is 16.5. The minimum Gasteiger partial charge on any atom is -0.467 e. The molecule has 1 aromatic heterocycles. The van der Waals surface area contributed by atoms with E-state index >= 15 is 0 Å². The molecule has 1 atom stereocenters. The topological polar surface area (TPSA) is 88.5 Å². The number of hydrogen-bond acceptors (Lipinski definition) is 5. The summed E-state index contributed by atoms with van der Waals surface area (Å²) >= 11 is 0. The van der Waals surface area contributed by atoms with Gasteiger partial charge in [0.15, 0.2) is 6.10 Å². The lowest BCUT2D eigenvalue weighted by molar-refractivity contribution is -0.150. The van der Waals surface area contributed by atoms with Crippen LogP contribution in [0.1, 0.15) is 12.0 Å². The van der Waals surface area contributed by atoms with Crippen molar-refractivity contribution in [3.8, 4) is 0 Å². The number of nitrogens with zero attached hydrogens (tertiary/aromatic N) is 1. The number of ether oxygens (including phenoxy) is 1. The largest absolute Gasteiger partial charge is 0.467 e. The van der Waals surface area contributed by atoms with Crippen LogP contribution in [0.3, 0.4) is 0 Å². The molecule has 98 valence electrons. The molecule has 0 saturated heterocycles. The second kappa shape index (κ2) is 7.39. The van der Waals surface area contributed by atoms with Crippen molar-refractivity contribution in [1.29, 1.82) is 0 Å². The van der Waals surface area contributed by atoms with Gasteiger partial charge in [-0.2, -0.15) is 0 Å². The van der Waals surface area contributed by atoms with Crippen molar-refractivity contribution in [3.63, 3.8) is 0 Å². The summed E-state index contributed by atoms with van der Waals surface area (Å²) in [6.45, 7) is -0.137. The van der Waals surface area contributed by atoms with Crippen molar-refractivity contribution in [2.24, 2.45) is 0 Å². The van der Waals surface area contributed by atoms with Crippen LogP contribution in [0.5, 0.6) is 0 Å². The number of rotatable bonds is 6. The summed E-state index contributed by atoms with van der Waals surface area (Å²) in [5.74, 6) is -0.987. The number of amides is 1. The molecule has 1 amide bonds. The van der Waals surface area contributed by atoms with Crippen LogP contribution in [0.4, 0.5) is 0 Å². The van der Waals surface area contributed by atoms with Gasteiger partial charge in [0.05, 0.1) is 13.7 Å². The van der Waals surface area contributed by atoms with Crippen molar-refractivity contribution < 1.29 is 19.4 Å². The second-order valence-electron chi connectivity index (χ2n) is 3.70. The van der Waals surface area contributed by atoms with E-state index in [1.54, 1.807) is 12.4 Å². The Morgan fingerprint density at radius 1 is 1.44 bits per heavy atom. The van der Waals surface area contributed by atoms with Crippen LogP contribution in [0.2, 0.25) is 0 Å². The highest BCUT2D eigenvalue weighted by molar-refractivity contribution is 5.78. The van der Waals surface area contributed by atoms with E-state index in [1.807, 2.05) is 12.1 Å². The molecule has 1 unspecified atom stereocenters. The first kappa shape index (κ1) is 14.1. The van der Waals surface area contributed by atoms with Gasteiger partial charge in [-0.1, -0.05) is 0 Å². The van der Waals surface area contributed by atoms with E-state index in [9.17, 15) is 14.7 Å². The molecule has 0 bridgehead atoms. The van der Waals surface area contributed by atoms with Gasteiger partial charge < -0.3 is 15.2 Å². The number of esters is 1. The van der Waals surface area contributed by atoms with E-state index in [1.165, 1.54) is 7.11 Å². The van der Waals surface area contributed by atoms with Crippen LogP contribution < -0.4 is 5.32 Å². The SMILES string of the molecule is COC(=O)C(O)CNC(=O)CCc1ccncc1. The highest BCUT2D eigenvalue weighted by Gasteiger charge is 2.15. The normalized spacial score (nSPS) is 11.7. The third-order valence-corrected chi connectivity index (χ3v) is 2.36. The monoisotopic (exact) mass is 252 g/mol. The molecule has 1 rings (SSSR count). The number of pyridine rings is 1. The molecule has 6 heteroatoms. The lowest BCUT2D eigenvalue weighted by atomic mass is 10.1. The van der Waals surface area contributed by atoms with Gasteiger partial charge in [0, 0.05) is 18.8 Å². The van der Waals surface area contributed by atoms with Gasteiger partial charge in [-0.3, -0.25) is 9.78 Å². The average molecular weight is 252 g/mol. The van der Waals surface area contributed by atoms with Crippen LogP contribution in [0.25, 0.3) is 0 Å². The van der Waals surface area contributed by atoms with Gasteiger partial charge in [-0.15, -0.1) is 0 Å². The van der Waals surface area contributed by atoms with Crippen molar-refractivity contribution in [2.45, 2.75) is 18.9 Å². The first-order valence-corrected chi connectivity index (χ1v) is 5.55. The standard InChI is InChI=1S/C12H16N2O4/c1-18-12(17)10(15)8-14-11(16)3-2-9-4-6-13-7-5-9/h4-7,10,15H,2-3,8H2,1H3,(H,14,16). The summed E-state index contributed by atoms with van der Waals surface area (Å²) in [7, 11) is 1.18. The van der Waals surface area contributed by atoms with Gasteiger partial charge in [0.1, 0.15) is 0 Å². The molecule has 0 aromatic carbocycles. The first-order valence-electron chi connectivity index (χ1n) is 5.55. The van der Waals surface area contributed by atoms with E-state index < -0.39 is 12.1 Å². The Kier molecular flexibility index (Phi) is 5.79. The van der Waals surface area contributed by atoms with Gasteiger partial charge in [-0.25, -0.2) is 4.79 Å². The summed E-state index contributed by atoms with van der Waals surface area (Å²) in [5.41, 5.74) is 1.01. The van der Waals surface area contributed by atoms with E-state index in [-0.39, 0.29) is 18.9 Å². The predicted molar refractivity (Wildman–Crippen MR) is 63.6 cm³/mol. The minimum absolute atomic E-state index is 0.137. The first-order chi connectivity index (χ1) is 8.63. The smallest absolute Gasteiger partial charge is 0.336 e. The van der Waals surface area contributed by atoms with E-state index in [0.717, 1.165) is 5.56 Å². The Bertz CT molecular complexity index is 394. The minimum atomic E-state index is -1.32. The predicted octanol–water partition coefficient (Wildman–Crippen LogP) is -0.336. The molecule has 0 fully saturated rings.